The van der Waals surface area contributed by atoms with E-state index in [1.54, 1.807) is 17.3 Å². The summed E-state index contributed by atoms with van der Waals surface area (Å²) in [6.45, 7) is 10.6. The molecule has 1 saturated carbocycles. The summed E-state index contributed by atoms with van der Waals surface area (Å²) in [7, 11) is 0. The van der Waals surface area contributed by atoms with Crippen LogP contribution in [0.1, 0.15) is 86.6 Å². The van der Waals surface area contributed by atoms with Gasteiger partial charge in [-0.05, 0) is 32.6 Å². The minimum Gasteiger partial charge on any atom is -0.353 e. The van der Waals surface area contributed by atoms with Gasteiger partial charge in [0.1, 0.15) is 11.1 Å². The van der Waals surface area contributed by atoms with Gasteiger partial charge in [0.15, 0.2) is 0 Å². The average molecular weight is 488 g/mol. The normalized spacial score (nSPS) is 17.6. The number of aromatic nitrogens is 1. The molecule has 9 nitrogen and oxygen atoms in total. The van der Waals surface area contributed by atoms with Gasteiger partial charge in [0, 0.05) is 57.2 Å². The number of nitrogens with one attached hydrogen (secondary N) is 2. The Morgan fingerprint density at radius 2 is 1.57 bits per heavy atom. The summed E-state index contributed by atoms with van der Waals surface area (Å²) in [6, 6.07) is 0.269. The molecule has 3 rings (SSSR count). The van der Waals surface area contributed by atoms with Crippen molar-refractivity contribution in [3.05, 3.63) is 33.7 Å². The van der Waals surface area contributed by atoms with E-state index in [0.29, 0.717) is 39.3 Å². The SMILES string of the molecule is CC(C)CNC(=O)c1cn(C2CCCCC2)cc(C(=O)N2CCN(CC(=O)NC(C)C)CC2)c1=O. The maximum absolute atomic E-state index is 13.5. The Kier molecular flexibility index (Phi) is 9.48. The van der Waals surface area contributed by atoms with Crippen LogP contribution in [-0.2, 0) is 4.79 Å². The summed E-state index contributed by atoms with van der Waals surface area (Å²) in [4.78, 5) is 55.4. The molecule has 0 bridgehead atoms. The maximum Gasteiger partial charge on any atom is 0.259 e. The highest BCUT2D eigenvalue weighted by Crippen LogP contribution is 2.28. The summed E-state index contributed by atoms with van der Waals surface area (Å²) in [5, 5.41) is 5.72. The van der Waals surface area contributed by atoms with E-state index in [0.717, 1.165) is 25.7 Å². The maximum atomic E-state index is 13.5. The van der Waals surface area contributed by atoms with Crippen LogP contribution in [0.15, 0.2) is 17.2 Å². The Morgan fingerprint density at radius 3 is 2.17 bits per heavy atom. The molecule has 1 aliphatic heterocycles. The third-order valence-corrected chi connectivity index (χ3v) is 6.66. The molecule has 194 valence electrons. The van der Waals surface area contributed by atoms with Gasteiger partial charge in [-0.25, -0.2) is 0 Å². The lowest BCUT2D eigenvalue weighted by Gasteiger charge is -2.34. The lowest BCUT2D eigenvalue weighted by Crippen LogP contribution is -2.52. The van der Waals surface area contributed by atoms with Crippen molar-refractivity contribution in [3.8, 4) is 0 Å². The van der Waals surface area contributed by atoms with E-state index in [1.165, 1.54) is 6.42 Å². The summed E-state index contributed by atoms with van der Waals surface area (Å²) >= 11 is 0. The van der Waals surface area contributed by atoms with Crippen molar-refractivity contribution in [3.63, 3.8) is 0 Å². The van der Waals surface area contributed by atoms with Crippen molar-refractivity contribution in [1.82, 2.24) is 25.0 Å². The van der Waals surface area contributed by atoms with E-state index in [-0.39, 0.29) is 40.9 Å². The van der Waals surface area contributed by atoms with Crippen LogP contribution < -0.4 is 16.1 Å². The number of piperazine rings is 1. The second-order valence-electron chi connectivity index (χ2n) is 10.5. The number of carbonyl (C=O) groups is 3. The molecule has 0 atom stereocenters. The Bertz CT molecular complexity index is 957. The average Bonchev–Trinajstić information content (AvgIpc) is 2.82. The van der Waals surface area contributed by atoms with E-state index in [1.807, 2.05) is 37.2 Å². The second-order valence-corrected chi connectivity index (χ2v) is 10.5. The monoisotopic (exact) mass is 487 g/mol. The first-order valence-corrected chi connectivity index (χ1v) is 13.0. The van der Waals surface area contributed by atoms with Crippen LogP contribution in [0.5, 0.6) is 0 Å². The van der Waals surface area contributed by atoms with Gasteiger partial charge >= 0.3 is 0 Å². The van der Waals surface area contributed by atoms with Crippen molar-refractivity contribution >= 4 is 17.7 Å². The van der Waals surface area contributed by atoms with E-state index < -0.39 is 11.3 Å². The summed E-state index contributed by atoms with van der Waals surface area (Å²) in [5.74, 6) is -0.549. The Morgan fingerprint density at radius 1 is 0.943 bits per heavy atom. The molecule has 2 aliphatic rings. The van der Waals surface area contributed by atoms with Crippen LogP contribution in [0.4, 0.5) is 0 Å². The number of amides is 3. The third kappa shape index (κ3) is 7.40. The fraction of sp³-hybridized carbons (Fsp3) is 0.692. The zero-order valence-electron chi connectivity index (χ0n) is 21.6. The van der Waals surface area contributed by atoms with E-state index in [2.05, 4.69) is 10.6 Å². The highest BCUT2D eigenvalue weighted by Gasteiger charge is 2.28. The summed E-state index contributed by atoms with van der Waals surface area (Å²) in [5.41, 5.74) is -0.424. The van der Waals surface area contributed by atoms with Crippen LogP contribution in [0.25, 0.3) is 0 Å². The zero-order chi connectivity index (χ0) is 25.5. The zero-order valence-corrected chi connectivity index (χ0v) is 21.6. The quantitative estimate of drug-likeness (QED) is 0.584. The van der Waals surface area contributed by atoms with Gasteiger partial charge in [0.2, 0.25) is 11.3 Å². The molecule has 0 unspecified atom stereocenters. The molecule has 35 heavy (non-hydrogen) atoms. The lowest BCUT2D eigenvalue weighted by atomic mass is 9.95. The van der Waals surface area contributed by atoms with Gasteiger partial charge in [-0.3, -0.25) is 24.1 Å². The summed E-state index contributed by atoms with van der Waals surface area (Å²) < 4.78 is 1.92. The van der Waals surface area contributed by atoms with E-state index in [9.17, 15) is 19.2 Å². The number of carbonyl (C=O) groups excluding carboxylic acids is 3. The Hall–Kier alpha value is -2.68. The van der Waals surface area contributed by atoms with E-state index in [4.69, 9.17) is 0 Å². The molecule has 0 aromatic carbocycles. The molecule has 0 radical (unpaired) electrons. The molecule has 1 aliphatic carbocycles. The fourth-order valence-corrected chi connectivity index (χ4v) is 4.74. The Labute approximate surface area is 208 Å². The molecule has 2 fully saturated rings. The molecule has 1 saturated heterocycles. The molecule has 2 N–H and O–H groups in total. The van der Waals surface area contributed by atoms with Gasteiger partial charge in [0.05, 0.1) is 6.54 Å². The smallest absolute Gasteiger partial charge is 0.259 e. The van der Waals surface area contributed by atoms with Gasteiger partial charge in [-0.2, -0.15) is 0 Å². The van der Waals surface area contributed by atoms with E-state index >= 15 is 0 Å². The standard InChI is InChI=1S/C26H41N5O4/c1-18(2)14-27-25(34)21-15-31(20-8-6-5-7-9-20)16-22(24(21)33)26(35)30-12-10-29(11-13-30)17-23(32)28-19(3)4/h15-16,18-20H,5-14,17H2,1-4H3,(H,27,34)(H,28,32). The van der Waals surface area contributed by atoms with Crippen LogP contribution >= 0.6 is 0 Å². The first-order valence-electron chi connectivity index (χ1n) is 13.0. The number of rotatable bonds is 8. The number of hydrogen-bond donors (Lipinski definition) is 2. The predicted octanol–water partition coefficient (Wildman–Crippen LogP) is 2.02. The van der Waals surface area contributed by atoms with Crippen LogP contribution in [0.2, 0.25) is 0 Å². The van der Waals surface area contributed by atoms with Gasteiger partial charge in [0.25, 0.3) is 11.8 Å². The van der Waals surface area contributed by atoms with Crippen molar-refractivity contribution in [2.45, 2.75) is 71.9 Å². The van der Waals surface area contributed by atoms with Gasteiger partial charge < -0.3 is 20.1 Å². The largest absolute Gasteiger partial charge is 0.353 e. The molecule has 1 aromatic heterocycles. The van der Waals surface area contributed by atoms with Crippen LogP contribution in [0, 0.1) is 5.92 Å². The number of nitrogens with zero attached hydrogens (tertiary/aromatic N) is 3. The second kappa shape index (κ2) is 12.3. The third-order valence-electron chi connectivity index (χ3n) is 6.66. The van der Waals surface area contributed by atoms with Crippen molar-refractivity contribution in [1.29, 1.82) is 0 Å². The van der Waals surface area contributed by atoms with Crippen molar-refractivity contribution < 1.29 is 14.4 Å². The minimum absolute atomic E-state index is 0.0322. The van der Waals surface area contributed by atoms with Crippen LogP contribution in [-0.4, -0.2) is 77.4 Å². The molecule has 0 spiro atoms. The molecular weight excluding hydrogens is 446 g/mol. The first-order chi connectivity index (χ1) is 16.7. The Balaban J connectivity index is 1.78. The molecule has 3 amide bonds. The first kappa shape index (κ1) is 26.9. The topological polar surface area (TPSA) is 104 Å². The number of pyridine rings is 1. The molecule has 2 heterocycles. The molecule has 1 aromatic rings. The highest BCUT2D eigenvalue weighted by atomic mass is 16.2. The van der Waals surface area contributed by atoms with Gasteiger partial charge in [-0.15, -0.1) is 0 Å². The predicted molar refractivity (Wildman–Crippen MR) is 136 cm³/mol. The molecule has 9 heteroatoms. The van der Waals surface area contributed by atoms with Crippen LogP contribution in [0.3, 0.4) is 0 Å². The van der Waals surface area contributed by atoms with Crippen molar-refractivity contribution in [2.24, 2.45) is 5.92 Å². The highest BCUT2D eigenvalue weighted by molar-refractivity contribution is 5.99. The molecular formula is C26H41N5O4. The number of hydrogen-bond acceptors (Lipinski definition) is 5. The van der Waals surface area contributed by atoms with Crippen molar-refractivity contribution in [2.75, 3.05) is 39.3 Å². The summed E-state index contributed by atoms with van der Waals surface area (Å²) in [6.07, 6.45) is 8.62. The minimum atomic E-state index is -0.512. The fourth-order valence-electron chi connectivity index (χ4n) is 4.74. The lowest BCUT2D eigenvalue weighted by molar-refractivity contribution is -0.123. The van der Waals surface area contributed by atoms with Gasteiger partial charge in [-0.1, -0.05) is 33.1 Å².